The van der Waals surface area contributed by atoms with Crippen LogP contribution in [0.3, 0.4) is 0 Å². The molecule has 0 bridgehead atoms. The monoisotopic (exact) mass is 683 g/mol. The van der Waals surface area contributed by atoms with Crippen LogP contribution < -0.4 is 25.7 Å². The highest BCUT2D eigenvalue weighted by Gasteiger charge is 2.27. The standard InChI is InChI=1S/C36H31F2N5O7/c37-22-1-4-24(5-2-22)43-20-21-8-14-49-33(21)32(36(43)47)35(46)41-23-3-6-31(27(38)17-23)50-30-7-9-39-28-19-29(44)26(18-25(28)30)34(45)40-10-11-42-12-15-48-16-13-42/h1-7,9,17-20,44H,8,10-16H2,(H,40,45)(H,41,46). The molecule has 0 radical (unpaired) electrons. The molecule has 0 saturated carbocycles. The Morgan fingerprint density at radius 1 is 0.960 bits per heavy atom. The molecule has 50 heavy (non-hydrogen) atoms. The lowest BCUT2D eigenvalue weighted by molar-refractivity contribution is 0.0383. The lowest BCUT2D eigenvalue weighted by Crippen LogP contribution is -2.41. The second-order valence-electron chi connectivity index (χ2n) is 11.7. The smallest absolute Gasteiger partial charge is 0.271 e. The third kappa shape index (κ3) is 6.70. The first kappa shape index (κ1) is 32.7. The molecule has 0 unspecified atom stereocenters. The van der Waals surface area contributed by atoms with Crippen LogP contribution in [0.15, 0.2) is 77.9 Å². The first-order valence-corrected chi connectivity index (χ1v) is 15.9. The number of aromatic nitrogens is 2. The van der Waals surface area contributed by atoms with Crippen LogP contribution in [-0.2, 0) is 11.2 Å². The summed E-state index contributed by atoms with van der Waals surface area (Å²) in [5.41, 5.74) is 0.407. The van der Waals surface area contributed by atoms with Gasteiger partial charge in [0.25, 0.3) is 17.4 Å². The molecule has 0 spiro atoms. The number of rotatable bonds is 9. The quantitative estimate of drug-likeness (QED) is 0.206. The minimum Gasteiger partial charge on any atom is -0.507 e. The molecular formula is C36H31F2N5O7. The zero-order chi connectivity index (χ0) is 34.8. The number of hydrogen-bond donors (Lipinski definition) is 3. The molecule has 4 heterocycles. The number of phenolic OH excluding ortho intramolecular Hbond substituents is 1. The molecule has 14 heteroatoms. The number of carbonyl (C=O) groups excluding carboxylic acids is 2. The van der Waals surface area contributed by atoms with Gasteiger partial charge in [-0.25, -0.2) is 8.78 Å². The predicted molar refractivity (Wildman–Crippen MR) is 179 cm³/mol. The van der Waals surface area contributed by atoms with Gasteiger partial charge in [0.1, 0.15) is 28.6 Å². The molecule has 2 aliphatic rings. The van der Waals surface area contributed by atoms with Gasteiger partial charge in [-0.15, -0.1) is 0 Å². The number of ether oxygens (including phenoxy) is 3. The molecule has 1 saturated heterocycles. The molecule has 3 N–H and O–H groups in total. The van der Waals surface area contributed by atoms with E-state index in [2.05, 4.69) is 20.5 Å². The van der Waals surface area contributed by atoms with Crippen molar-refractivity contribution >= 4 is 28.4 Å². The second-order valence-corrected chi connectivity index (χ2v) is 11.7. The number of anilines is 1. The van der Waals surface area contributed by atoms with Gasteiger partial charge in [0.15, 0.2) is 11.6 Å². The van der Waals surface area contributed by atoms with Crippen molar-refractivity contribution in [3.8, 4) is 28.7 Å². The Hall–Kier alpha value is -5.86. The number of amides is 2. The van der Waals surface area contributed by atoms with E-state index in [1.165, 1.54) is 65.4 Å². The Bertz CT molecular complexity index is 2170. The van der Waals surface area contributed by atoms with Gasteiger partial charge in [-0.2, -0.15) is 0 Å². The van der Waals surface area contributed by atoms with Crippen molar-refractivity contribution in [3.63, 3.8) is 0 Å². The van der Waals surface area contributed by atoms with E-state index in [1.54, 1.807) is 6.20 Å². The Kier molecular flexibility index (Phi) is 9.11. The zero-order valence-corrected chi connectivity index (χ0v) is 26.6. The highest BCUT2D eigenvalue weighted by atomic mass is 19.1. The van der Waals surface area contributed by atoms with Gasteiger partial charge < -0.3 is 30.0 Å². The molecule has 3 aromatic carbocycles. The van der Waals surface area contributed by atoms with E-state index in [-0.39, 0.29) is 46.4 Å². The van der Waals surface area contributed by atoms with Crippen LogP contribution in [0.25, 0.3) is 16.6 Å². The van der Waals surface area contributed by atoms with Crippen molar-refractivity contribution in [3.05, 3.63) is 112 Å². The van der Waals surface area contributed by atoms with E-state index in [9.17, 15) is 23.9 Å². The number of hydrogen-bond acceptors (Lipinski definition) is 9. The topological polar surface area (TPSA) is 144 Å². The fourth-order valence-electron chi connectivity index (χ4n) is 5.90. The Morgan fingerprint density at radius 2 is 1.76 bits per heavy atom. The maximum Gasteiger partial charge on any atom is 0.271 e. The predicted octanol–water partition coefficient (Wildman–Crippen LogP) is 4.41. The fourth-order valence-corrected chi connectivity index (χ4v) is 5.90. The molecule has 0 atom stereocenters. The average Bonchev–Trinajstić information content (AvgIpc) is 3.58. The summed E-state index contributed by atoms with van der Waals surface area (Å²) in [6, 6.07) is 13.3. The summed E-state index contributed by atoms with van der Waals surface area (Å²) in [7, 11) is 0. The van der Waals surface area contributed by atoms with Gasteiger partial charge in [0, 0.05) is 79.5 Å². The molecular weight excluding hydrogens is 652 g/mol. The molecule has 256 valence electrons. The minimum atomic E-state index is -0.828. The van der Waals surface area contributed by atoms with Crippen LogP contribution in [0.4, 0.5) is 14.5 Å². The Labute approximate surface area is 283 Å². The lowest BCUT2D eigenvalue weighted by Gasteiger charge is -2.26. The first-order chi connectivity index (χ1) is 24.2. The highest BCUT2D eigenvalue weighted by molar-refractivity contribution is 6.06. The summed E-state index contributed by atoms with van der Waals surface area (Å²) >= 11 is 0. The number of halogens is 2. The van der Waals surface area contributed by atoms with Crippen LogP contribution in [0.1, 0.15) is 26.3 Å². The van der Waals surface area contributed by atoms with Crippen molar-refractivity contribution in [2.45, 2.75) is 6.42 Å². The van der Waals surface area contributed by atoms with E-state index in [0.29, 0.717) is 54.9 Å². The number of carbonyl (C=O) groups is 2. The van der Waals surface area contributed by atoms with Crippen molar-refractivity contribution in [1.82, 2.24) is 19.8 Å². The van der Waals surface area contributed by atoms with Gasteiger partial charge in [-0.3, -0.25) is 28.8 Å². The number of morpholine rings is 1. The van der Waals surface area contributed by atoms with Crippen LogP contribution in [0.2, 0.25) is 0 Å². The first-order valence-electron chi connectivity index (χ1n) is 15.9. The van der Waals surface area contributed by atoms with Crippen molar-refractivity contribution in [1.29, 1.82) is 0 Å². The molecule has 5 aromatic rings. The van der Waals surface area contributed by atoms with E-state index >= 15 is 4.39 Å². The number of phenols is 1. The van der Waals surface area contributed by atoms with E-state index in [0.717, 1.165) is 19.2 Å². The number of nitrogens with zero attached hydrogens (tertiary/aromatic N) is 3. The normalized spacial score (nSPS) is 14.2. The molecule has 2 aromatic heterocycles. The number of benzene rings is 3. The van der Waals surface area contributed by atoms with E-state index in [1.807, 2.05) is 0 Å². The SMILES string of the molecule is O=C(NCCN1CCOCC1)c1cc2c(Oc3ccc(NC(=O)c4c5c(cn(-c6ccc(F)cc6)c4=O)CCO5)cc3F)ccnc2cc1O. The van der Waals surface area contributed by atoms with Crippen molar-refractivity contribution < 1.29 is 37.7 Å². The van der Waals surface area contributed by atoms with Crippen LogP contribution >= 0.6 is 0 Å². The number of pyridine rings is 2. The van der Waals surface area contributed by atoms with Crippen molar-refractivity contribution in [2.75, 3.05) is 51.3 Å². The third-order valence-electron chi connectivity index (χ3n) is 8.48. The van der Waals surface area contributed by atoms with Crippen molar-refractivity contribution in [2.24, 2.45) is 0 Å². The fraction of sp³-hybridized carbons (Fsp3) is 0.222. The average molecular weight is 684 g/mol. The summed E-state index contributed by atoms with van der Waals surface area (Å²) < 4.78 is 47.1. The summed E-state index contributed by atoms with van der Waals surface area (Å²) in [6.07, 6.45) is 3.44. The number of nitrogens with one attached hydrogen (secondary N) is 2. The molecule has 2 aliphatic heterocycles. The molecule has 0 aliphatic carbocycles. The van der Waals surface area contributed by atoms with Gasteiger partial charge in [0.2, 0.25) is 0 Å². The summed E-state index contributed by atoms with van der Waals surface area (Å²) in [6.45, 7) is 4.09. The van der Waals surface area contributed by atoms with E-state index in [4.69, 9.17) is 14.2 Å². The number of fused-ring (bicyclic) bond motifs is 2. The zero-order valence-electron chi connectivity index (χ0n) is 26.6. The Balaban J connectivity index is 1.09. The van der Waals surface area contributed by atoms with Crippen LogP contribution in [-0.4, -0.2) is 77.4 Å². The maximum atomic E-state index is 15.4. The maximum absolute atomic E-state index is 15.4. The summed E-state index contributed by atoms with van der Waals surface area (Å²) in [5.74, 6) is -2.74. The van der Waals surface area contributed by atoms with Gasteiger partial charge in [-0.05, 0) is 48.5 Å². The van der Waals surface area contributed by atoms with Crippen LogP contribution in [0.5, 0.6) is 23.0 Å². The summed E-state index contributed by atoms with van der Waals surface area (Å²) in [5, 5.41) is 16.3. The Morgan fingerprint density at radius 3 is 2.54 bits per heavy atom. The molecule has 7 rings (SSSR count). The molecule has 1 fully saturated rings. The minimum absolute atomic E-state index is 0.00530. The van der Waals surface area contributed by atoms with Gasteiger partial charge in [-0.1, -0.05) is 0 Å². The number of aromatic hydroxyl groups is 1. The largest absolute Gasteiger partial charge is 0.507 e. The lowest BCUT2D eigenvalue weighted by atomic mass is 10.1. The second kappa shape index (κ2) is 13.9. The van der Waals surface area contributed by atoms with Gasteiger partial charge in [0.05, 0.1) is 30.9 Å². The third-order valence-corrected chi connectivity index (χ3v) is 8.48. The van der Waals surface area contributed by atoms with E-state index < -0.39 is 29.0 Å². The van der Waals surface area contributed by atoms with Crippen LogP contribution in [0, 0.1) is 11.6 Å². The molecule has 12 nitrogen and oxygen atoms in total. The van der Waals surface area contributed by atoms with Gasteiger partial charge >= 0.3 is 0 Å². The molecule has 2 amide bonds. The highest BCUT2D eigenvalue weighted by Crippen LogP contribution is 2.35. The summed E-state index contributed by atoms with van der Waals surface area (Å²) in [4.78, 5) is 46.3.